The Morgan fingerprint density at radius 2 is 1.36 bits per heavy atom. The third kappa shape index (κ3) is 5.81. The van der Waals surface area contributed by atoms with Gasteiger partial charge in [-0.15, -0.1) is 0 Å². The zero-order valence-corrected chi connectivity index (χ0v) is 23.1. The van der Waals surface area contributed by atoms with Crippen molar-refractivity contribution in [2.45, 2.75) is 31.8 Å². The number of sulfone groups is 1. The molecule has 0 aliphatic carbocycles. The van der Waals surface area contributed by atoms with Gasteiger partial charge in [-0.2, -0.15) is 0 Å². The highest BCUT2D eigenvalue weighted by Gasteiger charge is 2.33. The molecule has 0 N–H and O–H groups in total. The van der Waals surface area contributed by atoms with Crippen molar-refractivity contribution in [3.05, 3.63) is 126 Å². The average molecular weight is 538 g/mol. The van der Waals surface area contributed by atoms with Gasteiger partial charge < -0.3 is 9.47 Å². The van der Waals surface area contributed by atoms with E-state index in [0.29, 0.717) is 24.7 Å². The number of hydrogen-bond acceptors (Lipinski definition) is 5. The minimum absolute atomic E-state index is 0.347. The first kappa shape index (κ1) is 26.4. The van der Waals surface area contributed by atoms with Gasteiger partial charge in [-0.25, -0.2) is 8.42 Å². The SMILES string of the molecule is CC(C)(c1cc(-c2cccc(COc3ccccc3OCc3ccccc3)c2)c2ncccc2c1)S(C)(=O)=O. The fourth-order valence-electron chi connectivity index (χ4n) is 4.39. The molecule has 6 heteroatoms. The molecule has 0 fully saturated rings. The summed E-state index contributed by atoms with van der Waals surface area (Å²) in [6.45, 7) is 4.28. The fraction of sp³-hybridized carbons (Fsp3) is 0.182. The lowest BCUT2D eigenvalue weighted by molar-refractivity contribution is 0.256. The molecular formula is C33H31NO4S. The average Bonchev–Trinajstić information content (AvgIpc) is 2.95. The van der Waals surface area contributed by atoms with Gasteiger partial charge in [-0.05, 0) is 72.5 Å². The molecule has 0 aliphatic heterocycles. The second-order valence-corrected chi connectivity index (χ2v) is 12.7. The van der Waals surface area contributed by atoms with E-state index in [-0.39, 0.29) is 0 Å². The molecule has 0 spiro atoms. The monoisotopic (exact) mass is 537 g/mol. The van der Waals surface area contributed by atoms with Crippen LogP contribution in [0.3, 0.4) is 0 Å². The number of nitrogens with zero attached hydrogens (tertiary/aromatic N) is 1. The Bertz CT molecular complexity index is 1710. The van der Waals surface area contributed by atoms with E-state index < -0.39 is 14.6 Å². The van der Waals surface area contributed by atoms with Crippen molar-refractivity contribution >= 4 is 20.7 Å². The van der Waals surface area contributed by atoms with Gasteiger partial charge in [0.05, 0.1) is 10.3 Å². The van der Waals surface area contributed by atoms with Crippen LogP contribution in [-0.4, -0.2) is 19.7 Å². The maximum atomic E-state index is 12.6. The first-order valence-corrected chi connectivity index (χ1v) is 14.7. The number of fused-ring (bicyclic) bond motifs is 1. The molecule has 0 bridgehead atoms. The summed E-state index contributed by atoms with van der Waals surface area (Å²) in [5, 5.41) is 0.896. The van der Waals surface area contributed by atoms with Crippen LogP contribution in [0.5, 0.6) is 11.5 Å². The molecule has 0 amide bonds. The highest BCUT2D eigenvalue weighted by molar-refractivity contribution is 7.91. The van der Waals surface area contributed by atoms with E-state index in [1.165, 1.54) is 6.26 Å². The molecule has 1 aromatic heterocycles. The maximum absolute atomic E-state index is 12.6. The van der Waals surface area contributed by atoms with Crippen molar-refractivity contribution in [2.24, 2.45) is 0 Å². The Morgan fingerprint density at radius 1 is 0.718 bits per heavy atom. The standard InChI is InChI=1S/C33H31NO4S/c1-33(2,39(3,35)36)28-20-27-15-10-18-34-32(27)29(21-28)26-14-9-13-25(19-26)23-38-31-17-8-7-16-30(31)37-22-24-11-5-4-6-12-24/h4-21H,22-23H2,1-3H3. The van der Waals surface area contributed by atoms with E-state index in [1.807, 2.05) is 97.1 Å². The van der Waals surface area contributed by atoms with Gasteiger partial charge in [-0.1, -0.05) is 66.7 Å². The van der Waals surface area contributed by atoms with Gasteiger partial charge in [0.15, 0.2) is 21.3 Å². The number of benzene rings is 4. The van der Waals surface area contributed by atoms with Crippen LogP contribution in [0.15, 0.2) is 109 Å². The summed E-state index contributed by atoms with van der Waals surface area (Å²) in [5.74, 6) is 1.35. The molecule has 1 heterocycles. The van der Waals surface area contributed by atoms with Crippen molar-refractivity contribution in [1.82, 2.24) is 4.98 Å². The lowest BCUT2D eigenvalue weighted by atomic mass is 9.93. The van der Waals surface area contributed by atoms with Crippen LogP contribution in [-0.2, 0) is 27.8 Å². The quantitative estimate of drug-likeness (QED) is 0.197. The van der Waals surface area contributed by atoms with Gasteiger partial charge in [-0.3, -0.25) is 4.98 Å². The van der Waals surface area contributed by atoms with Gasteiger partial charge in [0.25, 0.3) is 0 Å². The summed E-state index contributed by atoms with van der Waals surface area (Å²) in [7, 11) is -3.35. The molecule has 0 aliphatic rings. The maximum Gasteiger partial charge on any atom is 0.161 e. The highest BCUT2D eigenvalue weighted by Crippen LogP contribution is 2.37. The van der Waals surface area contributed by atoms with Gasteiger partial charge in [0.2, 0.25) is 0 Å². The van der Waals surface area contributed by atoms with Crippen LogP contribution in [0, 0.1) is 0 Å². The summed E-state index contributed by atoms with van der Waals surface area (Å²) >= 11 is 0. The summed E-state index contributed by atoms with van der Waals surface area (Å²) in [5.41, 5.74) is 5.44. The smallest absolute Gasteiger partial charge is 0.161 e. The Kier molecular flexibility index (Phi) is 7.40. The molecule has 0 radical (unpaired) electrons. The Balaban J connectivity index is 1.43. The van der Waals surface area contributed by atoms with Crippen LogP contribution in [0.4, 0.5) is 0 Å². The number of aromatic nitrogens is 1. The van der Waals surface area contributed by atoms with E-state index in [9.17, 15) is 8.42 Å². The molecule has 4 aromatic carbocycles. The van der Waals surface area contributed by atoms with E-state index in [0.717, 1.165) is 38.7 Å². The summed E-state index contributed by atoms with van der Waals surface area (Å²) in [4.78, 5) is 4.63. The van der Waals surface area contributed by atoms with Crippen LogP contribution in [0.2, 0.25) is 0 Å². The van der Waals surface area contributed by atoms with Crippen molar-refractivity contribution in [1.29, 1.82) is 0 Å². The van der Waals surface area contributed by atoms with Crippen LogP contribution in [0.25, 0.3) is 22.0 Å². The highest BCUT2D eigenvalue weighted by atomic mass is 32.2. The predicted molar refractivity (Wildman–Crippen MR) is 157 cm³/mol. The van der Waals surface area contributed by atoms with E-state index in [2.05, 4.69) is 11.1 Å². The molecule has 0 saturated heterocycles. The number of hydrogen-bond donors (Lipinski definition) is 0. The lowest BCUT2D eigenvalue weighted by Crippen LogP contribution is -2.28. The van der Waals surface area contributed by atoms with Crippen molar-refractivity contribution in [3.63, 3.8) is 0 Å². The molecule has 0 saturated carbocycles. The minimum atomic E-state index is -3.35. The minimum Gasteiger partial charge on any atom is -0.485 e. The number of rotatable bonds is 9. The number of para-hydroxylation sites is 2. The first-order valence-electron chi connectivity index (χ1n) is 12.8. The third-order valence-electron chi connectivity index (χ3n) is 7.05. The predicted octanol–water partition coefficient (Wildman–Crippen LogP) is 7.34. The summed E-state index contributed by atoms with van der Waals surface area (Å²) in [6.07, 6.45) is 3.03. The van der Waals surface area contributed by atoms with Crippen molar-refractivity contribution in [2.75, 3.05) is 6.26 Å². The Labute approximate surface area is 230 Å². The van der Waals surface area contributed by atoms with Crippen LogP contribution >= 0.6 is 0 Å². The number of ether oxygens (including phenoxy) is 2. The first-order chi connectivity index (χ1) is 18.7. The zero-order chi connectivity index (χ0) is 27.5. The van der Waals surface area contributed by atoms with Crippen LogP contribution < -0.4 is 9.47 Å². The second-order valence-electron chi connectivity index (χ2n) is 10.1. The van der Waals surface area contributed by atoms with Crippen molar-refractivity contribution in [3.8, 4) is 22.6 Å². The Morgan fingerprint density at radius 3 is 2.05 bits per heavy atom. The van der Waals surface area contributed by atoms with Crippen LogP contribution in [0.1, 0.15) is 30.5 Å². The second kappa shape index (κ2) is 10.9. The number of pyridine rings is 1. The third-order valence-corrected chi connectivity index (χ3v) is 9.14. The normalized spacial score (nSPS) is 11.9. The van der Waals surface area contributed by atoms with E-state index in [4.69, 9.17) is 9.47 Å². The molecule has 5 nitrogen and oxygen atoms in total. The van der Waals surface area contributed by atoms with Gasteiger partial charge in [0.1, 0.15) is 13.2 Å². The largest absolute Gasteiger partial charge is 0.485 e. The van der Waals surface area contributed by atoms with Gasteiger partial charge >= 0.3 is 0 Å². The molecule has 5 rings (SSSR count). The summed E-state index contributed by atoms with van der Waals surface area (Å²) < 4.78 is 36.4. The van der Waals surface area contributed by atoms with Gasteiger partial charge in [0, 0.05) is 23.4 Å². The van der Waals surface area contributed by atoms with E-state index in [1.54, 1.807) is 20.0 Å². The zero-order valence-electron chi connectivity index (χ0n) is 22.3. The Hall–Kier alpha value is -4.16. The summed E-state index contributed by atoms with van der Waals surface area (Å²) in [6, 6.07) is 33.4. The molecule has 0 atom stereocenters. The molecule has 0 unspecified atom stereocenters. The fourth-order valence-corrected chi connectivity index (χ4v) is 4.93. The molecular weight excluding hydrogens is 506 g/mol. The van der Waals surface area contributed by atoms with E-state index >= 15 is 0 Å². The molecule has 198 valence electrons. The topological polar surface area (TPSA) is 65.5 Å². The molecule has 39 heavy (non-hydrogen) atoms. The molecule has 5 aromatic rings. The van der Waals surface area contributed by atoms with Crippen molar-refractivity contribution < 1.29 is 17.9 Å². The lowest BCUT2D eigenvalue weighted by Gasteiger charge is -2.24.